The summed E-state index contributed by atoms with van der Waals surface area (Å²) in [5.74, 6) is -0.635. The summed E-state index contributed by atoms with van der Waals surface area (Å²) < 4.78 is 14.2. The van der Waals surface area contributed by atoms with E-state index < -0.39 is 0 Å². The molecular formula is C27H31FN6O4. The molecule has 200 valence electrons. The minimum absolute atomic E-state index is 0.0764. The summed E-state index contributed by atoms with van der Waals surface area (Å²) in [6.45, 7) is 2.33. The van der Waals surface area contributed by atoms with Gasteiger partial charge in [0.15, 0.2) is 5.82 Å². The van der Waals surface area contributed by atoms with Crippen molar-refractivity contribution in [3.05, 3.63) is 59.4 Å². The van der Waals surface area contributed by atoms with Gasteiger partial charge in [-0.15, -0.1) is 0 Å². The molecule has 0 bridgehead atoms. The van der Waals surface area contributed by atoms with E-state index in [1.807, 2.05) is 17.0 Å². The number of hydrogen-bond donors (Lipinski definition) is 4. The molecule has 3 aromatic rings. The minimum Gasteiger partial charge on any atom is -0.364 e. The van der Waals surface area contributed by atoms with Gasteiger partial charge in [0.05, 0.1) is 10.9 Å². The second-order valence-corrected chi connectivity index (χ2v) is 9.93. The lowest BCUT2D eigenvalue weighted by atomic mass is 9.81. The fourth-order valence-corrected chi connectivity index (χ4v) is 5.37. The van der Waals surface area contributed by atoms with Gasteiger partial charge >= 0.3 is 0 Å². The van der Waals surface area contributed by atoms with Crippen LogP contribution < -0.4 is 10.8 Å². The number of hydroxylamine groups is 1. The van der Waals surface area contributed by atoms with Crippen LogP contribution in [0.5, 0.6) is 0 Å². The molecule has 1 aliphatic heterocycles. The second-order valence-electron chi connectivity index (χ2n) is 9.93. The molecule has 0 atom stereocenters. The number of H-pyrrole nitrogens is 1. The van der Waals surface area contributed by atoms with Crippen molar-refractivity contribution in [2.45, 2.75) is 32.2 Å². The number of amides is 3. The summed E-state index contributed by atoms with van der Waals surface area (Å²) in [7, 11) is 0. The Balaban J connectivity index is 1.10. The van der Waals surface area contributed by atoms with Crippen LogP contribution in [0.3, 0.4) is 0 Å². The lowest BCUT2D eigenvalue weighted by Gasteiger charge is -2.37. The zero-order valence-electron chi connectivity index (χ0n) is 21.0. The van der Waals surface area contributed by atoms with Gasteiger partial charge in [-0.2, -0.15) is 5.10 Å². The highest BCUT2D eigenvalue weighted by Crippen LogP contribution is 2.30. The summed E-state index contributed by atoms with van der Waals surface area (Å²) >= 11 is 0. The quantitative estimate of drug-likeness (QED) is 0.291. The average molecular weight is 523 g/mol. The Kier molecular flexibility index (Phi) is 7.54. The van der Waals surface area contributed by atoms with Crippen molar-refractivity contribution in [1.82, 2.24) is 25.5 Å². The predicted molar refractivity (Wildman–Crippen MR) is 138 cm³/mol. The summed E-state index contributed by atoms with van der Waals surface area (Å²) in [4.78, 5) is 41.2. The summed E-state index contributed by atoms with van der Waals surface area (Å²) in [6, 6.07) is 12.1. The number of hydrogen-bond acceptors (Lipinski definition) is 6. The van der Waals surface area contributed by atoms with Crippen LogP contribution in [0.25, 0.3) is 10.9 Å². The number of aromatic amines is 1. The van der Waals surface area contributed by atoms with Crippen LogP contribution in [-0.4, -0.2) is 69.1 Å². The van der Waals surface area contributed by atoms with Gasteiger partial charge in [0, 0.05) is 50.1 Å². The van der Waals surface area contributed by atoms with E-state index in [1.165, 1.54) is 6.07 Å². The van der Waals surface area contributed by atoms with E-state index in [-0.39, 0.29) is 35.4 Å². The summed E-state index contributed by atoms with van der Waals surface area (Å²) in [5.41, 5.74) is 3.82. The highest BCUT2D eigenvalue weighted by molar-refractivity contribution is 5.94. The number of benzene rings is 2. The Hall–Kier alpha value is -3.99. The number of piperazine rings is 1. The van der Waals surface area contributed by atoms with E-state index in [1.54, 1.807) is 34.6 Å². The maximum absolute atomic E-state index is 14.2. The van der Waals surface area contributed by atoms with Crippen LogP contribution in [0, 0.1) is 17.7 Å². The zero-order valence-corrected chi connectivity index (χ0v) is 21.0. The van der Waals surface area contributed by atoms with Gasteiger partial charge in [-0.05, 0) is 55.5 Å². The van der Waals surface area contributed by atoms with Crippen molar-refractivity contribution in [2.24, 2.45) is 11.8 Å². The maximum Gasteiger partial charge on any atom is 0.253 e. The molecule has 5 rings (SSSR count). The van der Waals surface area contributed by atoms with Crippen LogP contribution in [0.15, 0.2) is 42.5 Å². The number of carbonyl (C=O) groups is 3. The molecule has 10 nitrogen and oxygen atoms in total. The van der Waals surface area contributed by atoms with Crippen LogP contribution in [0.2, 0.25) is 0 Å². The molecule has 4 N–H and O–H groups in total. The molecule has 11 heteroatoms. The van der Waals surface area contributed by atoms with Crippen LogP contribution in [0.1, 0.15) is 41.6 Å². The van der Waals surface area contributed by atoms with Crippen LogP contribution >= 0.6 is 0 Å². The standard InChI is InChI=1S/C27H31FN6O4/c28-21-2-1-3-22-23(21)24(31-30-22)29-16-17-4-6-19(7-5-17)26(36)33-12-14-34(15-13-33)27(37)20-10-8-18(9-11-20)25(35)32-38/h1-7,18,20,38H,8-16H2,(H,32,35)(H2,29,30,31). The van der Waals surface area contributed by atoms with Crippen molar-refractivity contribution in [3.63, 3.8) is 0 Å². The first-order valence-electron chi connectivity index (χ1n) is 12.9. The molecule has 0 spiro atoms. The second kappa shape index (κ2) is 11.2. The predicted octanol–water partition coefficient (Wildman–Crippen LogP) is 2.91. The molecule has 2 aromatic carbocycles. The highest BCUT2D eigenvalue weighted by atomic mass is 19.1. The monoisotopic (exact) mass is 522 g/mol. The van der Waals surface area contributed by atoms with Gasteiger partial charge in [0.2, 0.25) is 11.8 Å². The number of anilines is 1. The Morgan fingerprint density at radius 3 is 2.29 bits per heavy atom. The number of halogens is 1. The molecule has 1 aromatic heterocycles. The van der Waals surface area contributed by atoms with Crippen molar-refractivity contribution in [1.29, 1.82) is 0 Å². The number of aromatic nitrogens is 2. The molecular weight excluding hydrogens is 491 g/mol. The van der Waals surface area contributed by atoms with E-state index >= 15 is 0 Å². The first-order chi connectivity index (χ1) is 18.4. The van der Waals surface area contributed by atoms with Gasteiger partial charge in [-0.25, -0.2) is 9.87 Å². The van der Waals surface area contributed by atoms with Crippen LogP contribution in [-0.2, 0) is 16.1 Å². The maximum atomic E-state index is 14.2. The molecule has 3 amide bonds. The molecule has 0 radical (unpaired) electrons. The zero-order chi connectivity index (χ0) is 26.6. The smallest absolute Gasteiger partial charge is 0.253 e. The van der Waals surface area contributed by atoms with E-state index in [0.717, 1.165) is 5.56 Å². The highest BCUT2D eigenvalue weighted by Gasteiger charge is 2.33. The fourth-order valence-electron chi connectivity index (χ4n) is 5.37. The number of rotatable bonds is 6. The van der Waals surface area contributed by atoms with Crippen molar-refractivity contribution < 1.29 is 24.0 Å². The Bertz CT molecular complexity index is 1310. The van der Waals surface area contributed by atoms with E-state index in [4.69, 9.17) is 5.21 Å². The Morgan fingerprint density at radius 1 is 0.947 bits per heavy atom. The third-order valence-electron chi connectivity index (χ3n) is 7.64. The summed E-state index contributed by atoms with van der Waals surface area (Å²) in [6.07, 6.45) is 2.43. The molecule has 2 aliphatic rings. The first-order valence-corrected chi connectivity index (χ1v) is 12.9. The van der Waals surface area contributed by atoms with Gasteiger partial charge in [0.1, 0.15) is 5.82 Å². The van der Waals surface area contributed by atoms with E-state index in [2.05, 4.69) is 15.5 Å². The molecule has 1 saturated heterocycles. The number of nitrogens with zero attached hydrogens (tertiary/aromatic N) is 3. The molecule has 1 aliphatic carbocycles. The Labute approximate surface area is 219 Å². The van der Waals surface area contributed by atoms with Crippen molar-refractivity contribution >= 4 is 34.4 Å². The first kappa shape index (κ1) is 25.7. The van der Waals surface area contributed by atoms with E-state index in [0.29, 0.717) is 80.7 Å². The van der Waals surface area contributed by atoms with Gasteiger partial charge in [-0.1, -0.05) is 18.2 Å². The lowest BCUT2D eigenvalue weighted by Crippen LogP contribution is -2.52. The average Bonchev–Trinajstić information content (AvgIpc) is 3.40. The largest absolute Gasteiger partial charge is 0.364 e. The van der Waals surface area contributed by atoms with E-state index in [9.17, 15) is 18.8 Å². The topological polar surface area (TPSA) is 131 Å². The third-order valence-corrected chi connectivity index (χ3v) is 7.64. The number of fused-ring (bicyclic) bond motifs is 1. The van der Waals surface area contributed by atoms with Crippen LogP contribution in [0.4, 0.5) is 10.2 Å². The number of carbonyl (C=O) groups excluding carboxylic acids is 3. The van der Waals surface area contributed by atoms with Gasteiger partial charge < -0.3 is 15.1 Å². The normalized spacial score (nSPS) is 19.8. The fraction of sp³-hybridized carbons (Fsp3) is 0.407. The molecule has 1 saturated carbocycles. The minimum atomic E-state index is -0.381. The lowest BCUT2D eigenvalue weighted by molar-refractivity contribution is -0.141. The summed E-state index contributed by atoms with van der Waals surface area (Å²) in [5, 5.41) is 19.3. The molecule has 2 heterocycles. The molecule has 38 heavy (non-hydrogen) atoms. The molecule has 2 fully saturated rings. The third kappa shape index (κ3) is 5.33. The SMILES string of the molecule is O=C(NO)C1CCC(C(=O)N2CCN(C(=O)c3ccc(CNc4n[nH]c5cccc(F)c45)cc3)CC2)CC1. The van der Waals surface area contributed by atoms with Crippen molar-refractivity contribution in [2.75, 3.05) is 31.5 Å². The van der Waals surface area contributed by atoms with Gasteiger partial charge in [0.25, 0.3) is 5.91 Å². The van der Waals surface area contributed by atoms with Gasteiger partial charge in [-0.3, -0.25) is 24.7 Å². The number of nitrogens with one attached hydrogen (secondary N) is 3. The Morgan fingerprint density at radius 2 is 1.61 bits per heavy atom. The van der Waals surface area contributed by atoms with Crippen molar-refractivity contribution in [3.8, 4) is 0 Å². The molecule has 0 unspecified atom stereocenters.